The van der Waals surface area contributed by atoms with Crippen LogP contribution in [0.5, 0.6) is 0 Å². The molecule has 80 valence electrons. The molecule has 0 N–H and O–H groups in total. The van der Waals surface area contributed by atoms with Crippen LogP contribution in [0.2, 0.25) is 0 Å². The van der Waals surface area contributed by atoms with Crippen LogP contribution in [0.1, 0.15) is 31.2 Å². The zero-order chi connectivity index (χ0) is 10.1. The smallest absolute Gasteiger partial charge is 0.0236 e. The van der Waals surface area contributed by atoms with Gasteiger partial charge in [0, 0.05) is 19.1 Å². The maximum Gasteiger partial charge on any atom is 0.0236 e. The molecule has 1 heteroatoms. The van der Waals surface area contributed by atoms with Gasteiger partial charge in [-0.25, -0.2) is 0 Å². The highest BCUT2D eigenvalue weighted by molar-refractivity contribution is 5.15. The molecule has 0 spiro atoms. The van der Waals surface area contributed by atoms with E-state index in [0.29, 0.717) is 0 Å². The summed E-state index contributed by atoms with van der Waals surface area (Å²) in [5.74, 6) is 1.01. The third-order valence-electron chi connectivity index (χ3n) is 3.99. The first kappa shape index (κ1) is 9.41. The lowest BCUT2D eigenvalue weighted by Crippen LogP contribution is -2.28. The van der Waals surface area contributed by atoms with Gasteiger partial charge in [-0.05, 0) is 30.7 Å². The van der Waals surface area contributed by atoms with Crippen LogP contribution in [-0.4, -0.2) is 17.5 Å². The molecule has 1 aliphatic heterocycles. The van der Waals surface area contributed by atoms with Gasteiger partial charge in [0.05, 0.1) is 0 Å². The Kier molecular flexibility index (Phi) is 2.49. The fraction of sp³-hybridized carbons (Fsp3) is 0.571. The molecule has 1 heterocycles. The molecule has 1 saturated heterocycles. The lowest BCUT2D eigenvalue weighted by Gasteiger charge is -2.24. The van der Waals surface area contributed by atoms with Crippen molar-refractivity contribution in [2.75, 3.05) is 6.54 Å². The molecule has 1 saturated carbocycles. The van der Waals surface area contributed by atoms with Gasteiger partial charge in [-0.2, -0.15) is 0 Å². The molecule has 2 fully saturated rings. The Bertz CT molecular complexity index is 319. The topological polar surface area (TPSA) is 3.24 Å². The Morgan fingerprint density at radius 1 is 1.13 bits per heavy atom. The molecule has 0 unspecified atom stereocenters. The van der Waals surface area contributed by atoms with Crippen LogP contribution in [0.15, 0.2) is 30.3 Å². The van der Waals surface area contributed by atoms with E-state index in [1.807, 2.05) is 0 Å². The molecule has 1 aromatic carbocycles. The van der Waals surface area contributed by atoms with E-state index < -0.39 is 0 Å². The molecule has 3 rings (SSSR count). The molecule has 1 nitrogen and oxygen atoms in total. The first-order chi connectivity index (χ1) is 7.42. The number of benzene rings is 1. The molecular weight excluding hydrogens is 182 g/mol. The van der Waals surface area contributed by atoms with Crippen LogP contribution >= 0.6 is 0 Å². The van der Waals surface area contributed by atoms with E-state index in [4.69, 9.17) is 0 Å². The predicted molar refractivity (Wildman–Crippen MR) is 62.6 cm³/mol. The normalized spacial score (nSPS) is 30.7. The van der Waals surface area contributed by atoms with Crippen molar-refractivity contribution in [3.63, 3.8) is 0 Å². The second-order valence-corrected chi connectivity index (χ2v) is 5.10. The van der Waals surface area contributed by atoms with Crippen LogP contribution in [0.4, 0.5) is 0 Å². The lowest BCUT2D eigenvalue weighted by atomic mass is 9.90. The van der Waals surface area contributed by atoms with E-state index >= 15 is 0 Å². The molecule has 15 heavy (non-hydrogen) atoms. The molecule has 2 atom stereocenters. The summed E-state index contributed by atoms with van der Waals surface area (Å²) in [5, 5.41) is 0. The first-order valence-electron chi connectivity index (χ1n) is 6.20. The number of likely N-dealkylation sites (tertiary alicyclic amines) is 1. The largest absolute Gasteiger partial charge is 0.296 e. The van der Waals surface area contributed by atoms with Crippen molar-refractivity contribution in [2.45, 2.75) is 38.3 Å². The fourth-order valence-electron chi connectivity index (χ4n) is 3.25. The van der Waals surface area contributed by atoms with E-state index in [0.717, 1.165) is 12.0 Å². The van der Waals surface area contributed by atoms with E-state index in [2.05, 4.69) is 35.2 Å². The summed E-state index contributed by atoms with van der Waals surface area (Å²) in [5.41, 5.74) is 1.48. The average molecular weight is 201 g/mol. The Morgan fingerprint density at radius 2 is 2.00 bits per heavy atom. The molecule has 2 aliphatic rings. The van der Waals surface area contributed by atoms with Crippen molar-refractivity contribution in [3.05, 3.63) is 35.9 Å². The van der Waals surface area contributed by atoms with Crippen molar-refractivity contribution >= 4 is 0 Å². The van der Waals surface area contributed by atoms with Gasteiger partial charge in [-0.3, -0.25) is 4.90 Å². The first-order valence-corrected chi connectivity index (χ1v) is 6.20. The van der Waals surface area contributed by atoms with Crippen LogP contribution in [0, 0.1) is 5.92 Å². The highest BCUT2D eigenvalue weighted by Gasteiger charge is 2.34. The third-order valence-corrected chi connectivity index (χ3v) is 3.99. The Morgan fingerprint density at radius 3 is 2.80 bits per heavy atom. The van der Waals surface area contributed by atoms with Crippen LogP contribution in [0.25, 0.3) is 0 Å². The number of hydrogen-bond donors (Lipinski definition) is 0. The van der Waals surface area contributed by atoms with Crippen molar-refractivity contribution in [2.24, 2.45) is 5.92 Å². The quantitative estimate of drug-likeness (QED) is 0.711. The van der Waals surface area contributed by atoms with Crippen molar-refractivity contribution in [1.82, 2.24) is 4.90 Å². The summed E-state index contributed by atoms with van der Waals surface area (Å²) >= 11 is 0. The summed E-state index contributed by atoms with van der Waals surface area (Å²) in [6.07, 6.45) is 5.83. The van der Waals surface area contributed by atoms with E-state index in [1.54, 1.807) is 0 Å². The van der Waals surface area contributed by atoms with Gasteiger partial charge in [0.1, 0.15) is 0 Å². The van der Waals surface area contributed by atoms with E-state index in [-0.39, 0.29) is 0 Å². The van der Waals surface area contributed by atoms with Crippen LogP contribution < -0.4 is 0 Å². The van der Waals surface area contributed by atoms with Crippen molar-refractivity contribution in [1.29, 1.82) is 0 Å². The Balaban J connectivity index is 1.69. The summed E-state index contributed by atoms with van der Waals surface area (Å²) in [6.45, 7) is 2.52. The summed E-state index contributed by atoms with van der Waals surface area (Å²) in [4.78, 5) is 2.70. The van der Waals surface area contributed by atoms with Gasteiger partial charge in [-0.15, -0.1) is 0 Å². The molecule has 0 radical (unpaired) electrons. The van der Waals surface area contributed by atoms with E-state index in [1.165, 1.54) is 44.3 Å². The number of fused-ring (bicyclic) bond motifs is 2. The van der Waals surface area contributed by atoms with Gasteiger partial charge in [0.25, 0.3) is 0 Å². The standard InChI is InChI=1S/C14H19N/c1-2-5-12(6-3-1)10-15-11-13-7-4-8-14(15)9-13/h1-3,5-6,13-14H,4,7-11H2/t13-,14+/m0/s1. The third kappa shape index (κ3) is 1.93. The number of nitrogens with zero attached hydrogens (tertiary/aromatic N) is 1. The number of hydrogen-bond acceptors (Lipinski definition) is 1. The Labute approximate surface area is 92.1 Å². The minimum absolute atomic E-state index is 0.893. The van der Waals surface area contributed by atoms with Gasteiger partial charge in [0.2, 0.25) is 0 Å². The highest BCUT2D eigenvalue weighted by Crippen LogP contribution is 2.35. The van der Waals surface area contributed by atoms with Crippen molar-refractivity contribution < 1.29 is 0 Å². The average Bonchev–Trinajstić information content (AvgIpc) is 2.55. The zero-order valence-corrected chi connectivity index (χ0v) is 9.23. The second kappa shape index (κ2) is 3.97. The van der Waals surface area contributed by atoms with Gasteiger partial charge in [-0.1, -0.05) is 36.8 Å². The SMILES string of the molecule is c1ccc(CN2C[C@H]3CCC[C@@H]2C3)cc1. The Hall–Kier alpha value is -0.820. The molecule has 0 amide bonds. The predicted octanol–water partition coefficient (Wildman–Crippen LogP) is 3.06. The minimum Gasteiger partial charge on any atom is -0.296 e. The summed E-state index contributed by atoms with van der Waals surface area (Å²) in [6, 6.07) is 11.8. The molecular formula is C14H19N. The van der Waals surface area contributed by atoms with Crippen molar-refractivity contribution in [3.8, 4) is 0 Å². The molecule has 1 aliphatic carbocycles. The zero-order valence-electron chi connectivity index (χ0n) is 9.23. The fourth-order valence-corrected chi connectivity index (χ4v) is 3.25. The van der Waals surface area contributed by atoms with E-state index in [9.17, 15) is 0 Å². The minimum atomic E-state index is 0.893. The maximum absolute atomic E-state index is 2.70. The van der Waals surface area contributed by atoms with Crippen LogP contribution in [0.3, 0.4) is 0 Å². The number of rotatable bonds is 2. The summed E-state index contributed by atoms with van der Waals surface area (Å²) < 4.78 is 0. The maximum atomic E-state index is 2.70. The molecule has 0 aromatic heterocycles. The summed E-state index contributed by atoms with van der Waals surface area (Å²) in [7, 11) is 0. The lowest BCUT2D eigenvalue weighted by molar-refractivity contribution is 0.237. The highest BCUT2D eigenvalue weighted by atomic mass is 15.2. The molecule has 2 bridgehead atoms. The van der Waals surface area contributed by atoms with Gasteiger partial charge in [0.15, 0.2) is 0 Å². The molecule has 1 aromatic rings. The van der Waals surface area contributed by atoms with Crippen LogP contribution in [-0.2, 0) is 6.54 Å². The second-order valence-electron chi connectivity index (χ2n) is 5.10. The van der Waals surface area contributed by atoms with Gasteiger partial charge >= 0.3 is 0 Å². The van der Waals surface area contributed by atoms with Gasteiger partial charge < -0.3 is 0 Å². The monoisotopic (exact) mass is 201 g/mol.